The molecule has 0 bridgehead atoms. The molecule has 100 heavy (non-hydrogen) atoms. The second-order valence-corrected chi connectivity index (χ2v) is 24.1. The van der Waals surface area contributed by atoms with Crippen LogP contribution >= 0.6 is 0 Å². The third kappa shape index (κ3) is 12.9. The van der Waals surface area contributed by atoms with Crippen LogP contribution in [-0.4, -0.2) is 61.2 Å². The maximum atomic E-state index is 12.3. The highest BCUT2D eigenvalue weighted by Gasteiger charge is 2.59. The van der Waals surface area contributed by atoms with Crippen LogP contribution in [0.25, 0.3) is 9.69 Å². The van der Waals surface area contributed by atoms with Crippen LogP contribution in [0.1, 0.15) is 114 Å². The third-order valence-corrected chi connectivity index (χ3v) is 17.5. The number of fused-ring (bicyclic) bond motifs is 5. The van der Waals surface area contributed by atoms with Gasteiger partial charge in [-0.05, 0) is 203 Å². The molecule has 2 aliphatic rings. The number of rotatable bonds is 22. The van der Waals surface area contributed by atoms with Crippen molar-refractivity contribution in [3.8, 4) is 104 Å². The topological polar surface area (TPSA) is 257 Å². The molecule has 2 atom stereocenters. The molecule has 0 saturated heterocycles. The third-order valence-electron chi connectivity index (χ3n) is 17.5. The minimum Gasteiger partial charge on any atom is -0.468 e. The molecule has 2 unspecified atom stereocenters. The van der Waals surface area contributed by atoms with Gasteiger partial charge in [-0.2, -0.15) is 10.5 Å². The lowest BCUT2D eigenvalue weighted by molar-refractivity contribution is 0.0592. The van der Waals surface area contributed by atoms with E-state index in [9.17, 15) is 39.9 Å². The maximum absolute atomic E-state index is 12.3. The molecule has 0 aromatic heterocycles. The Labute approximate surface area is 574 Å². The number of para-hydroxylation sites is 2. The van der Waals surface area contributed by atoms with Gasteiger partial charge >= 0.3 is 11.9 Å². The summed E-state index contributed by atoms with van der Waals surface area (Å²) in [6.07, 6.45) is 0. The maximum Gasteiger partial charge on any atom is 0.337 e. The summed E-state index contributed by atoms with van der Waals surface area (Å²) in [6, 6.07) is 56.0. The van der Waals surface area contributed by atoms with Gasteiger partial charge in [0.2, 0.25) is 0 Å². The smallest absolute Gasteiger partial charge is 0.337 e. The van der Waals surface area contributed by atoms with Crippen LogP contribution in [0.5, 0.6) is 92.0 Å². The number of ether oxygens (including phenoxy) is 10. The summed E-state index contributed by atoms with van der Waals surface area (Å²) in [6.45, 7) is 24.1. The van der Waals surface area contributed by atoms with Crippen molar-refractivity contribution in [2.24, 2.45) is 0 Å². The molecule has 0 saturated carbocycles. The second-order valence-electron chi connectivity index (χ2n) is 24.1. The minimum atomic E-state index is -0.773. The van der Waals surface area contributed by atoms with Gasteiger partial charge < -0.3 is 57.6 Å². The average molecular weight is 1330 g/mol. The Balaban J connectivity index is 0.979. The highest BCUT2D eigenvalue weighted by Crippen LogP contribution is 2.69. The fourth-order valence-corrected chi connectivity index (χ4v) is 12.7. The first-order valence-electron chi connectivity index (χ1n) is 31.0. The Kier molecular flexibility index (Phi) is 18.6. The highest BCUT2D eigenvalue weighted by atomic mass is 16.5. The quantitative estimate of drug-likeness (QED) is 0.0363. The number of carbonyl (C=O) groups excluding carboxylic acids is 4. The molecule has 0 aliphatic heterocycles. The zero-order valence-corrected chi connectivity index (χ0v) is 54.4. The zero-order chi connectivity index (χ0) is 70.6. The molecule has 0 radical (unpaired) electrons. The first-order valence-corrected chi connectivity index (χ1v) is 31.0. The van der Waals surface area contributed by atoms with Crippen LogP contribution in [0.2, 0.25) is 0 Å². The van der Waals surface area contributed by atoms with Gasteiger partial charge in [0.1, 0.15) is 105 Å². The van der Waals surface area contributed by atoms with Crippen molar-refractivity contribution in [1.29, 1.82) is 10.5 Å². The van der Waals surface area contributed by atoms with Gasteiger partial charge in [-0.25, -0.2) is 19.3 Å². The minimum absolute atomic E-state index is 0.00203. The zero-order valence-electron chi connectivity index (χ0n) is 54.4. The van der Waals surface area contributed by atoms with Crippen LogP contribution < -0.4 is 37.9 Å². The van der Waals surface area contributed by atoms with E-state index in [-0.39, 0.29) is 120 Å². The molecule has 0 spiro atoms. The second kappa shape index (κ2) is 27.8. The molecule has 494 valence electrons. The molecule has 2 aliphatic carbocycles. The lowest BCUT2D eigenvalue weighted by atomic mass is 9.72. The van der Waals surface area contributed by atoms with Crippen molar-refractivity contribution in [3.05, 3.63) is 273 Å². The van der Waals surface area contributed by atoms with Gasteiger partial charge in [-0.1, -0.05) is 52.0 Å². The number of hydrogen-bond donors (Lipinski definition) is 2. The van der Waals surface area contributed by atoms with Gasteiger partial charge in [-0.15, -0.1) is 0 Å². The first kappa shape index (κ1) is 66.8. The van der Waals surface area contributed by atoms with Crippen molar-refractivity contribution in [1.82, 2.24) is 0 Å². The normalized spacial score (nSPS) is 14.0. The lowest BCUT2D eigenvalue weighted by Gasteiger charge is -2.31. The Morgan fingerprint density at radius 3 is 0.940 bits per heavy atom. The van der Waals surface area contributed by atoms with Crippen LogP contribution in [0.15, 0.2) is 194 Å². The summed E-state index contributed by atoms with van der Waals surface area (Å²) in [7, 11) is 2.56. The van der Waals surface area contributed by atoms with Crippen LogP contribution in [0.4, 0.5) is 11.4 Å². The summed E-state index contributed by atoms with van der Waals surface area (Å²) in [4.78, 5) is 56.9. The van der Waals surface area contributed by atoms with Crippen LogP contribution in [-0.2, 0) is 20.3 Å². The van der Waals surface area contributed by atoms with E-state index in [0.717, 1.165) is 22.3 Å². The molecular formula is C80H58N4O16. The molecule has 0 heterocycles. The molecule has 10 aromatic rings. The summed E-state index contributed by atoms with van der Waals surface area (Å²) in [5.74, 6) is -0.0860. The van der Waals surface area contributed by atoms with Crippen molar-refractivity contribution >= 4 is 34.9 Å². The van der Waals surface area contributed by atoms with Crippen molar-refractivity contribution in [2.45, 2.75) is 50.4 Å². The van der Waals surface area contributed by atoms with E-state index in [1.807, 2.05) is 24.3 Å². The Morgan fingerprint density at radius 2 is 0.650 bits per heavy atom. The van der Waals surface area contributed by atoms with Crippen LogP contribution in [0.3, 0.4) is 0 Å². The molecule has 20 heteroatoms. The average Bonchev–Trinajstić information content (AvgIpc) is 1.52. The fourth-order valence-electron chi connectivity index (χ4n) is 12.7. The van der Waals surface area contributed by atoms with E-state index in [4.69, 9.17) is 60.5 Å². The van der Waals surface area contributed by atoms with E-state index in [0.29, 0.717) is 28.4 Å². The van der Waals surface area contributed by atoms with E-state index >= 15 is 0 Å². The lowest BCUT2D eigenvalue weighted by Crippen LogP contribution is -2.25. The summed E-state index contributed by atoms with van der Waals surface area (Å²) in [5.41, 5.74) is 2.95. The van der Waals surface area contributed by atoms with E-state index in [2.05, 4.69) is 49.5 Å². The number of ketones is 2. The number of nitrogens with zero attached hydrogens (tertiary/aromatic N) is 4. The van der Waals surface area contributed by atoms with Crippen molar-refractivity contribution in [2.75, 3.05) is 27.4 Å². The number of carbonyl (C=O) groups is 4. The molecule has 0 fully saturated rings. The predicted molar refractivity (Wildman–Crippen MR) is 364 cm³/mol. The van der Waals surface area contributed by atoms with Gasteiger partial charge in [0, 0.05) is 23.0 Å². The van der Waals surface area contributed by atoms with Gasteiger partial charge in [-0.3, -0.25) is 9.59 Å². The number of hydrogen-bond acceptors (Lipinski definition) is 18. The Bertz CT molecular complexity index is 4780. The molecule has 12 rings (SSSR count). The molecule has 0 amide bonds. The molecular weight excluding hydrogens is 1270 g/mol. The summed E-state index contributed by atoms with van der Waals surface area (Å²) >= 11 is 0. The first-order chi connectivity index (χ1) is 48.3. The van der Waals surface area contributed by atoms with E-state index < -0.39 is 47.5 Å². The van der Waals surface area contributed by atoms with E-state index in [1.165, 1.54) is 87.0 Å². The Hall–Kier alpha value is -13.2. The van der Waals surface area contributed by atoms with E-state index in [1.54, 1.807) is 97.1 Å². The van der Waals surface area contributed by atoms with Gasteiger partial charge in [0.15, 0.2) is 34.6 Å². The van der Waals surface area contributed by atoms with Crippen molar-refractivity contribution in [3.63, 3.8) is 0 Å². The number of aliphatic hydroxyl groups excluding tert-OH is 2. The van der Waals surface area contributed by atoms with Crippen molar-refractivity contribution < 1.29 is 76.8 Å². The standard InChI is InChI=1S/C80H58N4O16/c1-79(2)57-39-71(98-64-16-10-14-62(56(64)42-82)94-50-31-23-46(24-32-50)60(88)44-86)69(97-63-15-9-13-61(55(63)41-81)93-49-29-21-45(22-30-49)59(87)43-85)37-53(57)73-74(79)54-38-70(99-67-19-11-17-65(75(67)83-5)95-51-33-25-47(26-34-51)77(89)91-7)72(40-58(54)80(73,3)4)100-68-20-12-18-66(76(68)84-6)96-52-35-27-48(28-36-52)78(90)92-8/h9-40,73-74,85-86H,43-44H2,1-4,7-8H3. The fraction of sp³-hybridized carbons (Fsp3) is 0.150. The highest BCUT2D eigenvalue weighted by molar-refractivity contribution is 5.97. The number of benzene rings is 10. The SMILES string of the molecule is [C-]#[N+]c1c(Oc2ccc(C(=O)OC)cc2)cccc1Oc1cc2c(cc1Oc1cccc(Oc3ccc(C(=O)OC)cc3)c1[N+]#[C-])C(C)(C)C1c3cc(Oc4cccc(Oc5ccc(C(=O)CO)cc5)c4C#N)c(Oc4cccc(Oc5ccc(C(=O)CO)cc5)c4C#N)cc3C(C)(C)C21. The summed E-state index contributed by atoms with van der Waals surface area (Å²) < 4.78 is 62.4. The summed E-state index contributed by atoms with van der Waals surface area (Å²) in [5, 5.41) is 40.7. The molecule has 20 nitrogen and oxygen atoms in total. The van der Waals surface area contributed by atoms with Gasteiger partial charge in [0.25, 0.3) is 11.4 Å². The van der Waals surface area contributed by atoms with Crippen LogP contribution in [0, 0.1) is 35.8 Å². The monoisotopic (exact) mass is 1330 g/mol. The number of aliphatic hydroxyl groups is 2. The predicted octanol–water partition coefficient (Wildman–Crippen LogP) is 18.2. The number of esters is 2. The molecule has 10 aromatic carbocycles. The molecule has 2 N–H and O–H groups in total. The number of methoxy groups -OCH3 is 2. The largest absolute Gasteiger partial charge is 0.468 e. The number of Topliss-reactive ketones (excluding diaryl/α,β-unsaturated/α-hetero) is 2. The Morgan fingerprint density at radius 1 is 0.390 bits per heavy atom. The van der Waals surface area contributed by atoms with Gasteiger partial charge in [0.05, 0.1) is 38.5 Å². The number of nitriles is 2.